The van der Waals surface area contributed by atoms with Crippen molar-refractivity contribution < 1.29 is 28.5 Å². The molecule has 35 heavy (non-hydrogen) atoms. The quantitative estimate of drug-likeness (QED) is 0.198. The van der Waals surface area contributed by atoms with Crippen molar-refractivity contribution in [2.24, 2.45) is 5.10 Å². The third-order valence-electron chi connectivity index (χ3n) is 4.88. The second-order valence-corrected chi connectivity index (χ2v) is 7.39. The zero-order valence-corrected chi connectivity index (χ0v) is 20.0. The van der Waals surface area contributed by atoms with Gasteiger partial charge in [0.25, 0.3) is 5.91 Å². The second kappa shape index (κ2) is 12.1. The van der Waals surface area contributed by atoms with E-state index in [9.17, 15) is 9.59 Å². The second-order valence-electron chi connectivity index (χ2n) is 7.39. The van der Waals surface area contributed by atoms with E-state index in [0.29, 0.717) is 28.6 Å². The molecule has 0 aliphatic rings. The number of esters is 1. The van der Waals surface area contributed by atoms with Crippen molar-refractivity contribution in [1.82, 2.24) is 5.43 Å². The lowest BCUT2D eigenvalue weighted by atomic mass is 10.1. The summed E-state index contributed by atoms with van der Waals surface area (Å²) in [5.74, 6) is 0.459. The van der Waals surface area contributed by atoms with Crippen LogP contribution < -0.4 is 29.7 Å². The smallest absolute Gasteiger partial charge is 0.343 e. The van der Waals surface area contributed by atoms with Crippen LogP contribution in [0.1, 0.15) is 21.5 Å². The molecule has 0 bridgehead atoms. The zero-order chi connectivity index (χ0) is 25.2. The maximum Gasteiger partial charge on any atom is 0.343 e. The Hall–Kier alpha value is -4.53. The standard InChI is InChI=1S/C26H27N3O6/c1-17-8-10-20(11-9-17)27-16-24(30)29-28-15-18-6-5-7-21(12-18)35-26(31)19-13-22(32-2)25(34-4)23(14-19)33-3/h5-15,27H,16H2,1-4H3,(H,29,30). The molecule has 3 aromatic carbocycles. The van der Waals surface area contributed by atoms with Crippen LogP contribution in [0.15, 0.2) is 65.8 Å². The Bertz CT molecular complexity index is 1180. The molecule has 0 saturated heterocycles. The molecule has 0 aliphatic heterocycles. The number of anilines is 1. The fourth-order valence-corrected chi connectivity index (χ4v) is 3.10. The molecule has 0 aliphatic carbocycles. The average molecular weight is 478 g/mol. The molecule has 3 aromatic rings. The van der Waals surface area contributed by atoms with E-state index in [1.807, 2.05) is 31.2 Å². The van der Waals surface area contributed by atoms with Crippen molar-refractivity contribution in [2.45, 2.75) is 6.92 Å². The lowest BCUT2D eigenvalue weighted by Gasteiger charge is -2.13. The molecule has 0 radical (unpaired) electrons. The summed E-state index contributed by atoms with van der Waals surface area (Å²) in [4.78, 5) is 24.7. The first kappa shape index (κ1) is 25.1. The Morgan fingerprint density at radius 3 is 2.23 bits per heavy atom. The van der Waals surface area contributed by atoms with Crippen LogP contribution in [-0.2, 0) is 4.79 Å². The minimum Gasteiger partial charge on any atom is -0.493 e. The Morgan fingerprint density at radius 2 is 1.60 bits per heavy atom. The summed E-state index contributed by atoms with van der Waals surface area (Å²) in [6.07, 6.45) is 1.46. The van der Waals surface area contributed by atoms with E-state index in [1.54, 1.807) is 24.3 Å². The van der Waals surface area contributed by atoms with E-state index in [2.05, 4.69) is 15.8 Å². The number of carbonyl (C=O) groups is 2. The molecule has 1 amide bonds. The number of hydrogen-bond acceptors (Lipinski definition) is 8. The molecule has 9 nitrogen and oxygen atoms in total. The lowest BCUT2D eigenvalue weighted by molar-refractivity contribution is -0.119. The molecule has 0 atom stereocenters. The summed E-state index contributed by atoms with van der Waals surface area (Å²) in [5.41, 5.74) is 5.30. The van der Waals surface area contributed by atoms with E-state index >= 15 is 0 Å². The Kier molecular flexibility index (Phi) is 8.66. The van der Waals surface area contributed by atoms with Gasteiger partial charge in [0.05, 0.1) is 39.7 Å². The number of benzene rings is 3. The van der Waals surface area contributed by atoms with Gasteiger partial charge in [0.1, 0.15) is 5.75 Å². The lowest BCUT2D eigenvalue weighted by Crippen LogP contribution is -2.25. The molecule has 0 saturated carbocycles. The predicted octanol–water partition coefficient (Wildman–Crippen LogP) is 3.80. The van der Waals surface area contributed by atoms with Gasteiger partial charge in [0, 0.05) is 5.69 Å². The third kappa shape index (κ3) is 6.97. The molecule has 2 N–H and O–H groups in total. The highest BCUT2D eigenvalue weighted by Crippen LogP contribution is 2.38. The maximum atomic E-state index is 12.7. The van der Waals surface area contributed by atoms with Crippen molar-refractivity contribution >= 4 is 23.8 Å². The number of rotatable bonds is 10. The molecule has 9 heteroatoms. The van der Waals surface area contributed by atoms with Crippen LogP contribution in [0, 0.1) is 6.92 Å². The molecule has 0 unspecified atom stereocenters. The number of ether oxygens (including phenoxy) is 4. The van der Waals surface area contributed by atoms with Crippen molar-refractivity contribution in [1.29, 1.82) is 0 Å². The van der Waals surface area contributed by atoms with Crippen LogP contribution in [0.4, 0.5) is 5.69 Å². The molecule has 182 valence electrons. The number of hydrogen-bond donors (Lipinski definition) is 2. The number of nitrogens with one attached hydrogen (secondary N) is 2. The van der Waals surface area contributed by atoms with Gasteiger partial charge in [0.2, 0.25) is 5.75 Å². The predicted molar refractivity (Wildman–Crippen MR) is 133 cm³/mol. The SMILES string of the molecule is COc1cc(C(=O)Oc2cccc(C=NNC(=O)CNc3ccc(C)cc3)c2)cc(OC)c1OC. The summed E-state index contributed by atoms with van der Waals surface area (Å²) >= 11 is 0. The molecule has 0 spiro atoms. The van der Waals surface area contributed by atoms with Crippen LogP contribution in [0.2, 0.25) is 0 Å². The van der Waals surface area contributed by atoms with Gasteiger partial charge >= 0.3 is 5.97 Å². The van der Waals surface area contributed by atoms with Gasteiger partial charge in [-0.2, -0.15) is 5.10 Å². The zero-order valence-electron chi connectivity index (χ0n) is 20.0. The number of hydrazone groups is 1. The van der Waals surface area contributed by atoms with Gasteiger partial charge in [-0.15, -0.1) is 0 Å². The monoisotopic (exact) mass is 477 g/mol. The largest absolute Gasteiger partial charge is 0.493 e. The van der Waals surface area contributed by atoms with Gasteiger partial charge in [-0.25, -0.2) is 10.2 Å². The molecule has 0 fully saturated rings. The molecular formula is C26H27N3O6. The first-order valence-electron chi connectivity index (χ1n) is 10.7. The highest BCUT2D eigenvalue weighted by Gasteiger charge is 2.18. The minimum absolute atomic E-state index is 0.0762. The number of nitrogens with zero attached hydrogens (tertiary/aromatic N) is 1. The van der Waals surface area contributed by atoms with Crippen molar-refractivity contribution in [3.63, 3.8) is 0 Å². The summed E-state index contributed by atoms with van der Waals surface area (Å²) < 4.78 is 21.3. The van der Waals surface area contributed by atoms with Gasteiger partial charge < -0.3 is 24.3 Å². The Balaban J connectivity index is 1.59. The molecular weight excluding hydrogens is 450 g/mol. The van der Waals surface area contributed by atoms with E-state index in [1.165, 1.54) is 39.7 Å². The summed E-state index contributed by atoms with van der Waals surface area (Å²) in [7, 11) is 4.41. The van der Waals surface area contributed by atoms with E-state index in [4.69, 9.17) is 18.9 Å². The average Bonchev–Trinajstić information content (AvgIpc) is 2.87. The van der Waals surface area contributed by atoms with Gasteiger partial charge in [-0.05, 0) is 48.9 Å². The Morgan fingerprint density at radius 1 is 0.914 bits per heavy atom. The van der Waals surface area contributed by atoms with Gasteiger partial charge in [-0.3, -0.25) is 4.79 Å². The van der Waals surface area contributed by atoms with Gasteiger partial charge in [-0.1, -0.05) is 29.8 Å². The minimum atomic E-state index is -0.603. The Labute approximate surface area is 203 Å². The van der Waals surface area contributed by atoms with Crippen LogP contribution in [0.5, 0.6) is 23.0 Å². The van der Waals surface area contributed by atoms with Crippen LogP contribution >= 0.6 is 0 Å². The van der Waals surface area contributed by atoms with Crippen molar-refractivity contribution in [3.05, 3.63) is 77.4 Å². The third-order valence-corrected chi connectivity index (χ3v) is 4.88. The first-order valence-corrected chi connectivity index (χ1v) is 10.7. The highest BCUT2D eigenvalue weighted by molar-refractivity contribution is 5.93. The van der Waals surface area contributed by atoms with E-state index in [0.717, 1.165) is 11.3 Å². The summed E-state index contributed by atoms with van der Waals surface area (Å²) in [6.45, 7) is 2.07. The molecule has 0 aromatic heterocycles. The topological polar surface area (TPSA) is 107 Å². The fourth-order valence-electron chi connectivity index (χ4n) is 3.10. The molecule has 3 rings (SSSR count). The van der Waals surface area contributed by atoms with Gasteiger partial charge in [0.15, 0.2) is 11.5 Å². The van der Waals surface area contributed by atoms with E-state index in [-0.39, 0.29) is 18.0 Å². The molecule has 0 heterocycles. The first-order chi connectivity index (χ1) is 16.9. The summed E-state index contributed by atoms with van der Waals surface area (Å²) in [6, 6.07) is 17.5. The van der Waals surface area contributed by atoms with Crippen LogP contribution in [0.3, 0.4) is 0 Å². The summed E-state index contributed by atoms with van der Waals surface area (Å²) in [5, 5.41) is 6.98. The normalized spacial score (nSPS) is 10.5. The van der Waals surface area contributed by atoms with Crippen LogP contribution in [-0.4, -0.2) is 46.0 Å². The fraction of sp³-hybridized carbons (Fsp3) is 0.192. The maximum absolute atomic E-state index is 12.7. The number of aryl methyl sites for hydroxylation is 1. The number of methoxy groups -OCH3 is 3. The van der Waals surface area contributed by atoms with Crippen LogP contribution in [0.25, 0.3) is 0 Å². The van der Waals surface area contributed by atoms with Crippen molar-refractivity contribution in [2.75, 3.05) is 33.2 Å². The van der Waals surface area contributed by atoms with E-state index < -0.39 is 5.97 Å². The highest BCUT2D eigenvalue weighted by atomic mass is 16.5. The number of amides is 1. The number of carbonyl (C=O) groups excluding carboxylic acids is 2. The van der Waals surface area contributed by atoms with Crippen molar-refractivity contribution in [3.8, 4) is 23.0 Å².